The van der Waals surface area contributed by atoms with Crippen LogP contribution < -0.4 is 5.32 Å². The number of hydrogen-bond donors (Lipinski definition) is 1. The molecule has 1 amide bonds. The summed E-state index contributed by atoms with van der Waals surface area (Å²) in [5.74, 6) is 0.800. The molecule has 1 aromatic heterocycles. The van der Waals surface area contributed by atoms with Gasteiger partial charge in [0.15, 0.2) is 5.17 Å². The van der Waals surface area contributed by atoms with Crippen LogP contribution in [0.1, 0.15) is 10.4 Å². The third kappa shape index (κ3) is 1.95. The number of thioether (sulfide) groups is 1. The van der Waals surface area contributed by atoms with Crippen LogP contribution in [0.4, 0.5) is 0 Å². The first-order chi connectivity index (χ1) is 6.75. The molecule has 0 bridgehead atoms. The van der Waals surface area contributed by atoms with Crippen molar-refractivity contribution in [3.63, 3.8) is 0 Å². The van der Waals surface area contributed by atoms with Gasteiger partial charge in [-0.15, -0.1) is 0 Å². The number of rotatable bonds is 1. The molecule has 1 aromatic rings. The molecule has 0 aliphatic carbocycles. The maximum absolute atomic E-state index is 11.6. The summed E-state index contributed by atoms with van der Waals surface area (Å²) in [5.41, 5.74) is 0.558. The standard InChI is InChI=1S/C8H10N4OS/c1-12-5-6(4-10-12)7(13)11-8-9-2-3-14-8/h4-5H,2-3H2,1H3,(H,9,11,13). The lowest BCUT2D eigenvalue weighted by Gasteiger charge is -2.00. The van der Waals surface area contributed by atoms with Crippen LogP contribution in [-0.4, -0.2) is 33.2 Å². The second-order valence-electron chi connectivity index (χ2n) is 2.89. The minimum atomic E-state index is -0.147. The number of nitrogens with zero attached hydrogens (tertiary/aromatic N) is 3. The zero-order valence-electron chi connectivity index (χ0n) is 7.73. The predicted octanol–water partition coefficient (Wildman–Crippen LogP) is 0.253. The smallest absolute Gasteiger partial charge is 0.260 e. The quantitative estimate of drug-likeness (QED) is 0.723. The summed E-state index contributed by atoms with van der Waals surface area (Å²) in [6, 6.07) is 0. The number of aliphatic imine (C=N–C) groups is 1. The average Bonchev–Trinajstić information content (AvgIpc) is 2.75. The van der Waals surface area contributed by atoms with E-state index in [0.717, 1.165) is 12.3 Å². The van der Waals surface area contributed by atoms with Crippen molar-refractivity contribution < 1.29 is 4.79 Å². The number of amidine groups is 1. The molecular formula is C8H10N4OS. The number of aromatic nitrogens is 2. The van der Waals surface area contributed by atoms with Gasteiger partial charge in [0.25, 0.3) is 5.91 Å². The Morgan fingerprint density at radius 3 is 3.14 bits per heavy atom. The molecule has 0 fully saturated rings. The molecule has 0 saturated heterocycles. The minimum absolute atomic E-state index is 0.147. The van der Waals surface area contributed by atoms with Gasteiger partial charge in [-0.3, -0.25) is 14.5 Å². The highest BCUT2D eigenvalue weighted by molar-refractivity contribution is 8.14. The molecule has 0 spiro atoms. The summed E-state index contributed by atoms with van der Waals surface area (Å²) in [7, 11) is 1.78. The maximum atomic E-state index is 11.6. The Labute approximate surface area is 85.6 Å². The van der Waals surface area contributed by atoms with Gasteiger partial charge < -0.3 is 5.32 Å². The average molecular weight is 210 g/mol. The second-order valence-corrected chi connectivity index (χ2v) is 3.98. The van der Waals surface area contributed by atoms with Crippen molar-refractivity contribution in [2.24, 2.45) is 12.0 Å². The van der Waals surface area contributed by atoms with Crippen molar-refractivity contribution in [1.29, 1.82) is 0 Å². The maximum Gasteiger partial charge on any atom is 0.260 e. The van der Waals surface area contributed by atoms with Crippen molar-refractivity contribution in [2.45, 2.75) is 0 Å². The van der Waals surface area contributed by atoms with Crippen molar-refractivity contribution in [3.05, 3.63) is 18.0 Å². The van der Waals surface area contributed by atoms with E-state index in [1.54, 1.807) is 29.7 Å². The molecule has 1 aliphatic rings. The van der Waals surface area contributed by atoms with Crippen LogP contribution in [0.15, 0.2) is 17.4 Å². The van der Waals surface area contributed by atoms with Crippen LogP contribution >= 0.6 is 11.8 Å². The fraction of sp³-hybridized carbons (Fsp3) is 0.375. The van der Waals surface area contributed by atoms with Crippen LogP contribution in [0, 0.1) is 0 Å². The molecule has 2 heterocycles. The van der Waals surface area contributed by atoms with Gasteiger partial charge in [-0.2, -0.15) is 5.10 Å². The molecule has 0 radical (unpaired) electrons. The molecule has 6 heteroatoms. The zero-order valence-corrected chi connectivity index (χ0v) is 8.54. The Morgan fingerprint density at radius 1 is 1.71 bits per heavy atom. The number of carbonyl (C=O) groups excluding carboxylic acids is 1. The van der Waals surface area contributed by atoms with Gasteiger partial charge in [-0.05, 0) is 0 Å². The summed E-state index contributed by atoms with van der Waals surface area (Å²) in [5, 5.41) is 7.36. The summed E-state index contributed by atoms with van der Waals surface area (Å²) in [6.45, 7) is 0.785. The highest BCUT2D eigenvalue weighted by Gasteiger charge is 2.13. The molecule has 14 heavy (non-hydrogen) atoms. The van der Waals surface area contributed by atoms with E-state index >= 15 is 0 Å². The van der Waals surface area contributed by atoms with Gasteiger partial charge >= 0.3 is 0 Å². The first-order valence-electron chi connectivity index (χ1n) is 4.23. The molecule has 0 aromatic carbocycles. The summed E-state index contributed by atoms with van der Waals surface area (Å²) >= 11 is 1.56. The highest BCUT2D eigenvalue weighted by Crippen LogP contribution is 2.09. The van der Waals surface area contributed by atoms with Gasteiger partial charge in [-0.25, -0.2) is 0 Å². The summed E-state index contributed by atoms with van der Waals surface area (Å²) in [4.78, 5) is 15.7. The number of aryl methyl sites for hydroxylation is 1. The molecule has 1 aliphatic heterocycles. The van der Waals surface area contributed by atoms with E-state index in [9.17, 15) is 4.79 Å². The monoisotopic (exact) mass is 210 g/mol. The molecule has 5 nitrogen and oxygen atoms in total. The molecular weight excluding hydrogens is 200 g/mol. The van der Waals surface area contributed by atoms with Gasteiger partial charge in [0.1, 0.15) is 0 Å². The zero-order chi connectivity index (χ0) is 9.97. The topological polar surface area (TPSA) is 59.3 Å². The third-order valence-electron chi connectivity index (χ3n) is 1.77. The Hall–Kier alpha value is -1.30. The van der Waals surface area contributed by atoms with Crippen molar-refractivity contribution in [2.75, 3.05) is 12.3 Å². The second kappa shape index (κ2) is 3.83. The van der Waals surface area contributed by atoms with E-state index in [1.807, 2.05) is 0 Å². The van der Waals surface area contributed by atoms with E-state index in [0.29, 0.717) is 10.7 Å². The Kier molecular flexibility index (Phi) is 2.53. The van der Waals surface area contributed by atoms with Crippen molar-refractivity contribution in [1.82, 2.24) is 15.1 Å². The van der Waals surface area contributed by atoms with Gasteiger partial charge in [0.2, 0.25) is 0 Å². The first kappa shape index (κ1) is 9.26. The Bertz CT molecular complexity index is 384. The van der Waals surface area contributed by atoms with Crippen LogP contribution in [0.5, 0.6) is 0 Å². The molecule has 74 valence electrons. The van der Waals surface area contributed by atoms with Gasteiger partial charge in [-0.1, -0.05) is 11.8 Å². The first-order valence-corrected chi connectivity index (χ1v) is 5.21. The van der Waals surface area contributed by atoms with Crippen LogP contribution in [0.3, 0.4) is 0 Å². The fourth-order valence-corrected chi connectivity index (χ4v) is 1.84. The molecule has 0 unspecified atom stereocenters. The van der Waals surface area contributed by atoms with E-state index in [1.165, 1.54) is 6.20 Å². The lowest BCUT2D eigenvalue weighted by Crippen LogP contribution is -2.26. The minimum Gasteiger partial charge on any atom is -0.301 e. The lowest BCUT2D eigenvalue weighted by molar-refractivity contribution is 0.0978. The lowest BCUT2D eigenvalue weighted by atomic mass is 10.3. The Morgan fingerprint density at radius 2 is 2.57 bits per heavy atom. The van der Waals surface area contributed by atoms with Crippen molar-refractivity contribution >= 4 is 22.8 Å². The summed E-state index contributed by atoms with van der Waals surface area (Å²) < 4.78 is 1.60. The summed E-state index contributed by atoms with van der Waals surface area (Å²) in [6.07, 6.45) is 3.21. The molecule has 0 atom stereocenters. The van der Waals surface area contributed by atoms with Gasteiger partial charge in [0.05, 0.1) is 18.3 Å². The van der Waals surface area contributed by atoms with E-state index < -0.39 is 0 Å². The third-order valence-corrected chi connectivity index (χ3v) is 2.66. The van der Waals surface area contributed by atoms with Crippen LogP contribution in [-0.2, 0) is 7.05 Å². The largest absolute Gasteiger partial charge is 0.301 e. The number of hydrogen-bond acceptors (Lipinski definition) is 4. The van der Waals surface area contributed by atoms with E-state index in [2.05, 4.69) is 15.4 Å². The Balaban J connectivity index is 2.02. The van der Waals surface area contributed by atoms with E-state index in [4.69, 9.17) is 0 Å². The SMILES string of the molecule is Cn1cc(C(=O)NC2=NCCS2)cn1. The van der Waals surface area contributed by atoms with Crippen LogP contribution in [0.2, 0.25) is 0 Å². The van der Waals surface area contributed by atoms with Crippen LogP contribution in [0.25, 0.3) is 0 Å². The molecule has 1 N–H and O–H groups in total. The normalized spacial score (nSPS) is 15.4. The predicted molar refractivity (Wildman–Crippen MR) is 55.4 cm³/mol. The van der Waals surface area contributed by atoms with Crippen molar-refractivity contribution in [3.8, 4) is 0 Å². The number of carbonyl (C=O) groups is 1. The number of amides is 1. The van der Waals surface area contributed by atoms with E-state index in [-0.39, 0.29) is 5.91 Å². The highest BCUT2D eigenvalue weighted by atomic mass is 32.2. The molecule has 0 saturated carbocycles. The number of nitrogens with one attached hydrogen (secondary N) is 1. The molecule has 2 rings (SSSR count). The van der Waals surface area contributed by atoms with Gasteiger partial charge in [0, 0.05) is 19.0 Å². The fourth-order valence-electron chi connectivity index (χ4n) is 1.12.